The first-order valence-electron chi connectivity index (χ1n) is 4.47. The zero-order valence-corrected chi connectivity index (χ0v) is 9.42. The number of aromatic nitrogens is 1. The quantitative estimate of drug-likeness (QED) is 0.794. The van der Waals surface area contributed by atoms with Gasteiger partial charge in [0, 0.05) is 28.0 Å². The second-order valence-corrected chi connectivity index (χ2v) is 4.03. The van der Waals surface area contributed by atoms with Gasteiger partial charge in [-0.15, -0.1) is 0 Å². The Morgan fingerprint density at radius 3 is 2.27 bits per heavy atom. The normalized spacial score (nSPS) is 10.3. The van der Waals surface area contributed by atoms with E-state index in [1.165, 1.54) is 0 Å². The molecule has 5 heteroatoms. The van der Waals surface area contributed by atoms with Gasteiger partial charge in [-0.25, -0.2) is 0 Å². The van der Waals surface area contributed by atoms with Crippen LogP contribution in [0.3, 0.4) is 0 Å². The van der Waals surface area contributed by atoms with Crippen LogP contribution in [0.2, 0.25) is 0 Å². The van der Waals surface area contributed by atoms with Gasteiger partial charge in [0.15, 0.2) is 0 Å². The summed E-state index contributed by atoms with van der Waals surface area (Å²) in [5.74, 6) is 0. The minimum absolute atomic E-state index is 0.457. The van der Waals surface area contributed by atoms with Gasteiger partial charge in [-0.3, -0.25) is 0 Å². The van der Waals surface area contributed by atoms with Crippen molar-refractivity contribution >= 4 is 28.5 Å². The molecule has 0 aliphatic carbocycles. The molecule has 3 nitrogen and oxygen atoms in total. The van der Waals surface area contributed by atoms with Crippen molar-refractivity contribution in [3.05, 3.63) is 47.2 Å². The number of hydrogen-bond donors (Lipinski definition) is 2. The lowest BCUT2D eigenvalue weighted by Crippen LogP contribution is -2.29. The lowest BCUT2D eigenvalue weighted by molar-refractivity contribution is 0.425. The Kier molecular flexibility index (Phi) is 2.95. The van der Waals surface area contributed by atoms with E-state index >= 15 is 0 Å². The van der Waals surface area contributed by atoms with Gasteiger partial charge < -0.3 is 14.6 Å². The maximum Gasteiger partial charge on any atom is 0.491 e. The Balaban J connectivity index is 2.43. The molecule has 0 amide bonds. The SMILES string of the molecule is OB(O)c1cn(-c2ccccc2)cc1Br. The molecule has 2 rings (SSSR count). The largest absolute Gasteiger partial charge is 0.491 e. The molecule has 1 aromatic carbocycles. The van der Waals surface area contributed by atoms with E-state index in [2.05, 4.69) is 15.9 Å². The molecule has 0 radical (unpaired) electrons. The third kappa shape index (κ3) is 2.14. The first-order valence-corrected chi connectivity index (χ1v) is 5.27. The zero-order valence-electron chi connectivity index (χ0n) is 7.84. The molecule has 15 heavy (non-hydrogen) atoms. The van der Waals surface area contributed by atoms with E-state index in [4.69, 9.17) is 10.0 Å². The molecule has 0 atom stereocenters. The van der Waals surface area contributed by atoms with E-state index in [0.717, 1.165) is 5.69 Å². The van der Waals surface area contributed by atoms with Crippen LogP contribution in [0.5, 0.6) is 0 Å². The summed E-state index contributed by atoms with van der Waals surface area (Å²) < 4.78 is 2.51. The van der Waals surface area contributed by atoms with Gasteiger partial charge in [0.2, 0.25) is 0 Å². The molecule has 0 saturated heterocycles. The van der Waals surface area contributed by atoms with Crippen LogP contribution < -0.4 is 5.46 Å². The summed E-state index contributed by atoms with van der Waals surface area (Å²) in [5, 5.41) is 18.2. The second kappa shape index (κ2) is 4.22. The molecule has 0 spiro atoms. The number of para-hydroxylation sites is 1. The number of halogens is 1. The minimum Gasteiger partial charge on any atom is -0.423 e. The molecule has 1 aromatic heterocycles. The minimum atomic E-state index is -1.45. The summed E-state index contributed by atoms with van der Waals surface area (Å²) in [5.41, 5.74) is 1.43. The molecule has 2 N–H and O–H groups in total. The van der Waals surface area contributed by atoms with Gasteiger partial charge in [-0.05, 0) is 28.1 Å². The van der Waals surface area contributed by atoms with Gasteiger partial charge in [-0.1, -0.05) is 18.2 Å². The summed E-state index contributed by atoms with van der Waals surface area (Å²) >= 11 is 3.27. The molecule has 0 aliphatic heterocycles. The topological polar surface area (TPSA) is 45.4 Å². The highest BCUT2D eigenvalue weighted by atomic mass is 79.9. The first-order chi connectivity index (χ1) is 7.18. The molecular weight excluding hydrogens is 257 g/mol. The van der Waals surface area contributed by atoms with Crippen molar-refractivity contribution in [3.8, 4) is 5.69 Å². The van der Waals surface area contributed by atoms with Crippen molar-refractivity contribution in [2.75, 3.05) is 0 Å². The Morgan fingerprint density at radius 2 is 1.73 bits per heavy atom. The van der Waals surface area contributed by atoms with Crippen LogP contribution in [0, 0.1) is 0 Å². The monoisotopic (exact) mass is 265 g/mol. The van der Waals surface area contributed by atoms with Crippen LogP contribution in [0.25, 0.3) is 5.69 Å². The molecule has 1 heterocycles. The molecule has 0 fully saturated rings. The Labute approximate surface area is 96.3 Å². The molecule has 0 bridgehead atoms. The van der Waals surface area contributed by atoms with Gasteiger partial charge in [0.05, 0.1) is 0 Å². The van der Waals surface area contributed by atoms with E-state index in [1.807, 2.05) is 34.9 Å². The van der Waals surface area contributed by atoms with Crippen LogP contribution in [-0.2, 0) is 0 Å². The fraction of sp³-hybridized carbons (Fsp3) is 0. The zero-order chi connectivity index (χ0) is 10.8. The van der Waals surface area contributed by atoms with E-state index in [0.29, 0.717) is 9.94 Å². The predicted octanol–water partition coefficient (Wildman–Crippen LogP) is 0.920. The highest BCUT2D eigenvalue weighted by molar-refractivity contribution is 9.10. The third-order valence-electron chi connectivity index (χ3n) is 2.14. The smallest absolute Gasteiger partial charge is 0.423 e. The first kappa shape index (κ1) is 10.5. The summed E-state index contributed by atoms with van der Waals surface area (Å²) in [4.78, 5) is 0. The fourth-order valence-electron chi connectivity index (χ4n) is 1.38. The van der Waals surface area contributed by atoms with E-state index in [9.17, 15) is 0 Å². The summed E-state index contributed by atoms with van der Waals surface area (Å²) in [6.45, 7) is 0. The molecule has 0 unspecified atom stereocenters. The molecule has 76 valence electrons. The lowest BCUT2D eigenvalue weighted by Gasteiger charge is -2.00. The van der Waals surface area contributed by atoms with Gasteiger partial charge in [-0.2, -0.15) is 0 Å². The highest BCUT2D eigenvalue weighted by Crippen LogP contribution is 2.13. The standard InChI is InChI=1S/C10H9BBrNO2/c12-10-7-13(6-9(10)11(14)15)8-4-2-1-3-5-8/h1-7,14-15H. The van der Waals surface area contributed by atoms with Crippen molar-refractivity contribution in [1.29, 1.82) is 0 Å². The number of benzene rings is 1. The number of rotatable bonds is 2. The summed E-state index contributed by atoms with van der Waals surface area (Å²) in [6, 6.07) is 9.68. The van der Waals surface area contributed by atoms with Crippen molar-refractivity contribution in [1.82, 2.24) is 4.57 Å². The maximum atomic E-state index is 9.08. The van der Waals surface area contributed by atoms with Crippen molar-refractivity contribution in [2.45, 2.75) is 0 Å². The number of nitrogens with zero attached hydrogens (tertiary/aromatic N) is 1. The molecule has 0 aliphatic rings. The highest BCUT2D eigenvalue weighted by Gasteiger charge is 2.17. The van der Waals surface area contributed by atoms with E-state index in [-0.39, 0.29) is 0 Å². The average Bonchev–Trinajstić information content (AvgIpc) is 2.62. The van der Waals surface area contributed by atoms with Crippen molar-refractivity contribution < 1.29 is 10.0 Å². The molecule has 2 aromatic rings. The molecular formula is C10H9BBrNO2. The Morgan fingerprint density at radius 1 is 1.07 bits per heavy atom. The van der Waals surface area contributed by atoms with Crippen molar-refractivity contribution in [3.63, 3.8) is 0 Å². The maximum absolute atomic E-state index is 9.08. The Bertz CT molecular complexity index is 456. The van der Waals surface area contributed by atoms with Crippen LogP contribution in [0.1, 0.15) is 0 Å². The predicted molar refractivity (Wildman–Crippen MR) is 63.3 cm³/mol. The van der Waals surface area contributed by atoms with Gasteiger partial charge in [0.25, 0.3) is 0 Å². The van der Waals surface area contributed by atoms with E-state index in [1.54, 1.807) is 12.4 Å². The lowest BCUT2D eigenvalue weighted by atomic mass is 9.83. The summed E-state index contributed by atoms with van der Waals surface area (Å²) in [6.07, 6.45) is 3.48. The van der Waals surface area contributed by atoms with Crippen LogP contribution in [0.4, 0.5) is 0 Å². The number of hydrogen-bond acceptors (Lipinski definition) is 2. The summed E-state index contributed by atoms with van der Waals surface area (Å²) in [7, 11) is -1.45. The van der Waals surface area contributed by atoms with Crippen LogP contribution in [-0.4, -0.2) is 21.7 Å². The second-order valence-electron chi connectivity index (χ2n) is 3.18. The van der Waals surface area contributed by atoms with Crippen molar-refractivity contribution in [2.24, 2.45) is 0 Å². The van der Waals surface area contributed by atoms with E-state index < -0.39 is 7.12 Å². The van der Waals surface area contributed by atoms with Gasteiger partial charge in [0.1, 0.15) is 0 Å². The fourth-order valence-corrected chi connectivity index (χ4v) is 1.91. The van der Waals surface area contributed by atoms with Crippen LogP contribution >= 0.6 is 15.9 Å². The van der Waals surface area contributed by atoms with Gasteiger partial charge >= 0.3 is 7.12 Å². The third-order valence-corrected chi connectivity index (χ3v) is 2.80. The average molecular weight is 266 g/mol. The Hall–Kier alpha value is -1.04. The van der Waals surface area contributed by atoms with Crippen LogP contribution in [0.15, 0.2) is 47.2 Å². The molecule has 0 saturated carbocycles.